The van der Waals surface area contributed by atoms with Crippen molar-refractivity contribution in [2.45, 2.75) is 73.7 Å². The first-order chi connectivity index (χ1) is 10.3. The molecule has 2 saturated carbocycles. The molecule has 3 heteroatoms. The highest BCUT2D eigenvalue weighted by molar-refractivity contribution is 8.00. The normalized spacial score (nSPS) is 26.9. The monoisotopic (exact) mass is 305 g/mol. The van der Waals surface area contributed by atoms with Crippen LogP contribution >= 0.6 is 11.8 Å². The molecule has 0 aromatic heterocycles. The Balaban J connectivity index is 1.64. The summed E-state index contributed by atoms with van der Waals surface area (Å²) in [5, 5.41) is 4.61. The van der Waals surface area contributed by atoms with Gasteiger partial charge in [0.1, 0.15) is 0 Å². The summed E-state index contributed by atoms with van der Waals surface area (Å²) in [5.41, 5.74) is 1.33. The van der Waals surface area contributed by atoms with Gasteiger partial charge in [0.05, 0.1) is 6.10 Å². The van der Waals surface area contributed by atoms with Gasteiger partial charge >= 0.3 is 0 Å². The lowest BCUT2D eigenvalue weighted by Gasteiger charge is -2.30. The number of anilines is 1. The van der Waals surface area contributed by atoms with Crippen molar-refractivity contribution in [3.8, 4) is 0 Å². The van der Waals surface area contributed by atoms with Gasteiger partial charge in [-0.25, -0.2) is 0 Å². The summed E-state index contributed by atoms with van der Waals surface area (Å²) in [5.74, 6) is 0. The van der Waals surface area contributed by atoms with Gasteiger partial charge in [0.25, 0.3) is 0 Å². The zero-order chi connectivity index (χ0) is 14.5. The minimum atomic E-state index is 0.436. The predicted octanol–water partition coefficient (Wildman–Crippen LogP) is 5.09. The first kappa shape index (κ1) is 15.2. The molecular weight excluding hydrogens is 278 g/mol. The number of rotatable bonds is 5. The highest BCUT2D eigenvalue weighted by Crippen LogP contribution is 2.38. The number of benzene rings is 1. The van der Waals surface area contributed by atoms with Gasteiger partial charge < -0.3 is 10.1 Å². The number of ether oxygens (including phenoxy) is 1. The smallest absolute Gasteiger partial charge is 0.0590 e. The largest absolute Gasteiger partial charge is 0.381 e. The van der Waals surface area contributed by atoms with E-state index in [9.17, 15) is 0 Å². The summed E-state index contributed by atoms with van der Waals surface area (Å²) >= 11 is 2.08. The second-order valence-corrected chi connectivity index (χ2v) is 7.73. The molecule has 2 atom stereocenters. The number of hydrogen-bond donors (Lipinski definition) is 1. The first-order valence-corrected chi connectivity index (χ1v) is 9.28. The Hall–Kier alpha value is -0.670. The maximum atomic E-state index is 5.55. The van der Waals surface area contributed by atoms with Crippen LogP contribution in [0.4, 0.5) is 5.69 Å². The van der Waals surface area contributed by atoms with E-state index in [1.807, 2.05) is 7.11 Å². The van der Waals surface area contributed by atoms with E-state index in [4.69, 9.17) is 4.74 Å². The maximum Gasteiger partial charge on any atom is 0.0590 e. The lowest BCUT2D eigenvalue weighted by Crippen LogP contribution is -2.31. The summed E-state index contributed by atoms with van der Waals surface area (Å²) in [6.45, 7) is 0. The number of nitrogens with one attached hydrogen (secondary N) is 1. The molecule has 1 aromatic carbocycles. The van der Waals surface area contributed by atoms with E-state index in [2.05, 4.69) is 41.3 Å². The van der Waals surface area contributed by atoms with Gasteiger partial charge in [0, 0.05) is 29.0 Å². The molecule has 0 amide bonds. The molecule has 1 aromatic rings. The lowest BCUT2D eigenvalue weighted by atomic mass is 9.92. The summed E-state index contributed by atoms with van der Waals surface area (Å²) in [6, 6.07) is 9.41. The van der Waals surface area contributed by atoms with Crippen molar-refractivity contribution in [2.24, 2.45) is 0 Å². The number of methoxy groups -OCH3 is 1. The van der Waals surface area contributed by atoms with Crippen LogP contribution in [-0.4, -0.2) is 24.5 Å². The minimum absolute atomic E-state index is 0.436. The molecule has 1 N–H and O–H groups in total. The van der Waals surface area contributed by atoms with E-state index in [1.54, 1.807) is 0 Å². The van der Waals surface area contributed by atoms with Crippen molar-refractivity contribution < 1.29 is 4.74 Å². The van der Waals surface area contributed by atoms with E-state index in [0.717, 1.165) is 11.7 Å². The van der Waals surface area contributed by atoms with Gasteiger partial charge in [-0.05, 0) is 50.7 Å². The Labute approximate surface area is 133 Å². The van der Waals surface area contributed by atoms with E-state index >= 15 is 0 Å². The topological polar surface area (TPSA) is 21.3 Å². The van der Waals surface area contributed by atoms with Crippen LogP contribution in [0.2, 0.25) is 0 Å². The first-order valence-electron chi connectivity index (χ1n) is 8.40. The SMILES string of the molecule is COC1CCCC(Nc2ccccc2SC2CCCC2)C1. The van der Waals surface area contributed by atoms with Crippen LogP contribution < -0.4 is 5.32 Å². The second-order valence-electron chi connectivity index (χ2n) is 6.39. The molecule has 2 aliphatic rings. The fourth-order valence-electron chi connectivity index (χ4n) is 3.58. The van der Waals surface area contributed by atoms with Crippen LogP contribution in [0, 0.1) is 0 Å². The quantitative estimate of drug-likeness (QED) is 0.818. The average molecular weight is 305 g/mol. The van der Waals surface area contributed by atoms with Gasteiger partial charge in [-0.15, -0.1) is 11.8 Å². The molecule has 3 rings (SSSR count). The second kappa shape index (κ2) is 7.55. The van der Waals surface area contributed by atoms with Gasteiger partial charge in [-0.3, -0.25) is 0 Å². The van der Waals surface area contributed by atoms with Crippen molar-refractivity contribution in [2.75, 3.05) is 12.4 Å². The van der Waals surface area contributed by atoms with Gasteiger partial charge in [0.15, 0.2) is 0 Å². The molecule has 0 aliphatic heterocycles. The van der Waals surface area contributed by atoms with Crippen molar-refractivity contribution in [3.05, 3.63) is 24.3 Å². The minimum Gasteiger partial charge on any atom is -0.381 e. The Bertz CT molecular complexity index is 445. The van der Waals surface area contributed by atoms with E-state index in [1.165, 1.54) is 55.5 Å². The summed E-state index contributed by atoms with van der Waals surface area (Å²) in [7, 11) is 1.84. The molecular formula is C18H27NOS. The van der Waals surface area contributed by atoms with Crippen LogP contribution in [0.25, 0.3) is 0 Å². The van der Waals surface area contributed by atoms with Crippen LogP contribution in [0.15, 0.2) is 29.2 Å². The Kier molecular flexibility index (Phi) is 5.48. The molecule has 0 heterocycles. The number of thioether (sulfide) groups is 1. The Morgan fingerprint density at radius 3 is 2.67 bits per heavy atom. The van der Waals surface area contributed by atoms with Crippen molar-refractivity contribution in [1.82, 2.24) is 0 Å². The highest BCUT2D eigenvalue weighted by atomic mass is 32.2. The molecule has 2 unspecified atom stereocenters. The van der Waals surface area contributed by atoms with Crippen LogP contribution in [0.5, 0.6) is 0 Å². The third-order valence-corrected chi connectivity index (χ3v) is 6.22. The fourth-order valence-corrected chi connectivity index (χ4v) is 4.92. The third kappa shape index (κ3) is 4.17. The molecule has 0 spiro atoms. The third-order valence-electron chi connectivity index (χ3n) is 4.80. The maximum absolute atomic E-state index is 5.55. The van der Waals surface area contributed by atoms with Gasteiger partial charge in [-0.2, -0.15) is 0 Å². The highest BCUT2D eigenvalue weighted by Gasteiger charge is 2.23. The molecule has 2 nitrogen and oxygen atoms in total. The predicted molar refractivity (Wildman–Crippen MR) is 91.2 cm³/mol. The zero-order valence-corrected chi connectivity index (χ0v) is 13.8. The lowest BCUT2D eigenvalue weighted by molar-refractivity contribution is 0.0669. The van der Waals surface area contributed by atoms with Crippen molar-refractivity contribution in [1.29, 1.82) is 0 Å². The van der Waals surface area contributed by atoms with Gasteiger partial charge in [-0.1, -0.05) is 25.0 Å². The summed E-state index contributed by atoms with van der Waals surface area (Å²) in [6.07, 6.45) is 10.9. The average Bonchev–Trinajstić information content (AvgIpc) is 3.02. The number of para-hydroxylation sites is 1. The molecule has 2 fully saturated rings. The van der Waals surface area contributed by atoms with Gasteiger partial charge in [0.2, 0.25) is 0 Å². The standard InChI is InChI=1S/C18H27NOS/c1-20-15-8-6-7-14(13-15)19-17-11-4-5-12-18(17)21-16-9-2-3-10-16/h4-5,11-12,14-16,19H,2-3,6-10,13H2,1H3. The molecule has 116 valence electrons. The van der Waals surface area contributed by atoms with Crippen LogP contribution in [0.3, 0.4) is 0 Å². The van der Waals surface area contributed by atoms with E-state index in [-0.39, 0.29) is 0 Å². The number of hydrogen-bond acceptors (Lipinski definition) is 3. The zero-order valence-electron chi connectivity index (χ0n) is 13.0. The van der Waals surface area contributed by atoms with Crippen LogP contribution in [-0.2, 0) is 4.74 Å². The van der Waals surface area contributed by atoms with E-state index in [0.29, 0.717) is 12.1 Å². The summed E-state index contributed by atoms with van der Waals surface area (Å²) < 4.78 is 5.55. The molecule has 0 bridgehead atoms. The van der Waals surface area contributed by atoms with E-state index < -0.39 is 0 Å². The molecule has 0 radical (unpaired) electrons. The Morgan fingerprint density at radius 2 is 1.86 bits per heavy atom. The fraction of sp³-hybridized carbons (Fsp3) is 0.667. The molecule has 0 saturated heterocycles. The van der Waals surface area contributed by atoms with Crippen molar-refractivity contribution in [3.63, 3.8) is 0 Å². The Morgan fingerprint density at radius 1 is 1.05 bits per heavy atom. The molecule has 2 aliphatic carbocycles. The molecule has 21 heavy (non-hydrogen) atoms. The summed E-state index contributed by atoms with van der Waals surface area (Å²) in [4.78, 5) is 1.43. The van der Waals surface area contributed by atoms with Crippen LogP contribution in [0.1, 0.15) is 51.4 Å². The van der Waals surface area contributed by atoms with Crippen molar-refractivity contribution >= 4 is 17.4 Å².